The van der Waals surface area contributed by atoms with Crippen molar-refractivity contribution in [2.75, 3.05) is 14.2 Å². The van der Waals surface area contributed by atoms with Gasteiger partial charge in [-0.3, -0.25) is 9.59 Å². The van der Waals surface area contributed by atoms with Crippen molar-refractivity contribution in [3.05, 3.63) is 12.2 Å². The number of hydrogen-bond donors (Lipinski definition) is 0. The number of rotatable bonds is 7. The minimum Gasteiger partial charge on any atom is -0.469 e. The summed E-state index contributed by atoms with van der Waals surface area (Å²) >= 11 is 0. The predicted molar refractivity (Wildman–Crippen MR) is 103 cm³/mol. The smallest absolute Gasteiger partial charge is 0.312 e. The maximum absolute atomic E-state index is 12.7. The first-order chi connectivity index (χ1) is 12.1. The van der Waals surface area contributed by atoms with Gasteiger partial charge in [-0.1, -0.05) is 53.7 Å². The van der Waals surface area contributed by atoms with E-state index in [0.717, 1.165) is 0 Å². The lowest BCUT2D eigenvalue weighted by Crippen LogP contribution is -2.57. The normalized spacial score (nSPS) is 30.5. The van der Waals surface area contributed by atoms with Gasteiger partial charge in [-0.05, 0) is 29.0 Å². The van der Waals surface area contributed by atoms with E-state index >= 15 is 0 Å². The van der Waals surface area contributed by atoms with Crippen molar-refractivity contribution in [1.29, 1.82) is 0 Å². The summed E-state index contributed by atoms with van der Waals surface area (Å²) in [6.45, 7) is 13.3. The molecule has 0 aromatic rings. The fourth-order valence-corrected chi connectivity index (χ4v) is 11.2. The fourth-order valence-electron chi connectivity index (χ4n) is 5.56. The molecule has 0 radical (unpaired) electrons. The Morgan fingerprint density at radius 2 is 1.46 bits per heavy atom. The highest BCUT2D eigenvalue weighted by Gasteiger charge is 2.65. The van der Waals surface area contributed by atoms with E-state index in [4.69, 9.17) is 13.9 Å². The van der Waals surface area contributed by atoms with Crippen molar-refractivity contribution in [2.45, 2.75) is 70.2 Å². The summed E-state index contributed by atoms with van der Waals surface area (Å²) in [4.78, 5) is 25.1. The summed E-state index contributed by atoms with van der Waals surface area (Å²) < 4.78 is 17.2. The van der Waals surface area contributed by atoms with Crippen molar-refractivity contribution in [1.82, 2.24) is 0 Å². The van der Waals surface area contributed by atoms with Gasteiger partial charge >= 0.3 is 11.9 Å². The Bertz CT molecular complexity index is 561. The van der Waals surface area contributed by atoms with Crippen LogP contribution in [0.4, 0.5) is 0 Å². The van der Waals surface area contributed by atoms with Crippen LogP contribution in [0.5, 0.6) is 0 Å². The van der Waals surface area contributed by atoms with Gasteiger partial charge in [0.05, 0.1) is 25.7 Å². The van der Waals surface area contributed by atoms with E-state index in [1.165, 1.54) is 14.2 Å². The number of fused-ring (bicyclic) bond motifs is 2. The van der Waals surface area contributed by atoms with Crippen molar-refractivity contribution < 1.29 is 23.5 Å². The summed E-state index contributed by atoms with van der Waals surface area (Å²) in [5.74, 6) is -1.95. The lowest BCUT2D eigenvalue weighted by atomic mass is 9.81. The van der Waals surface area contributed by atoms with Crippen molar-refractivity contribution in [2.24, 2.45) is 17.8 Å². The molecule has 0 saturated heterocycles. The van der Waals surface area contributed by atoms with E-state index in [1.807, 2.05) is 12.2 Å². The standard InChI is InChI=1S/C20H34O5Si/c1-12(2)26(13(3)4,14(5)6)25-20-10-9-15(11-20)16(18(21)23-7)17(20)19(22)24-8/h9-10,12-17H,11H2,1-8H3/t15-,16-,17+,20-/m0/s1. The van der Waals surface area contributed by atoms with E-state index in [1.54, 1.807) is 0 Å². The van der Waals surface area contributed by atoms with Crippen LogP contribution >= 0.6 is 0 Å². The number of hydrogen-bond acceptors (Lipinski definition) is 5. The molecule has 2 aliphatic carbocycles. The highest BCUT2D eigenvalue weighted by atomic mass is 28.4. The number of ether oxygens (including phenoxy) is 2. The van der Waals surface area contributed by atoms with Crippen LogP contribution < -0.4 is 0 Å². The summed E-state index contributed by atoms with van der Waals surface area (Å²) in [5, 5.41) is 0. The molecule has 0 aromatic heterocycles. The number of methoxy groups -OCH3 is 2. The van der Waals surface area contributed by atoms with E-state index in [-0.39, 0.29) is 17.9 Å². The molecule has 5 nitrogen and oxygen atoms in total. The van der Waals surface area contributed by atoms with E-state index in [2.05, 4.69) is 41.5 Å². The van der Waals surface area contributed by atoms with Crippen LogP contribution in [0.2, 0.25) is 16.6 Å². The molecule has 4 atom stereocenters. The first-order valence-corrected chi connectivity index (χ1v) is 11.8. The number of allylic oxidation sites excluding steroid dienone is 1. The lowest BCUT2D eigenvalue weighted by molar-refractivity contribution is -0.162. The molecule has 0 unspecified atom stereocenters. The van der Waals surface area contributed by atoms with Crippen LogP contribution in [0.1, 0.15) is 48.0 Å². The van der Waals surface area contributed by atoms with Crippen molar-refractivity contribution in [3.8, 4) is 0 Å². The number of esters is 2. The van der Waals surface area contributed by atoms with Gasteiger partial charge in [0.15, 0.2) is 0 Å². The van der Waals surface area contributed by atoms with Gasteiger partial charge in [-0.15, -0.1) is 0 Å². The van der Waals surface area contributed by atoms with Gasteiger partial charge < -0.3 is 13.9 Å². The van der Waals surface area contributed by atoms with Gasteiger partial charge in [0.1, 0.15) is 5.92 Å². The largest absolute Gasteiger partial charge is 0.469 e. The average molecular weight is 383 g/mol. The Labute approximate surface area is 158 Å². The Morgan fingerprint density at radius 1 is 0.962 bits per heavy atom. The third kappa shape index (κ3) is 3.05. The van der Waals surface area contributed by atoms with Gasteiger partial charge in [-0.2, -0.15) is 0 Å². The van der Waals surface area contributed by atoms with E-state index in [9.17, 15) is 9.59 Å². The zero-order valence-corrected chi connectivity index (χ0v) is 18.4. The zero-order chi connectivity index (χ0) is 19.9. The molecule has 0 aliphatic heterocycles. The molecule has 6 heteroatoms. The van der Waals surface area contributed by atoms with E-state index < -0.39 is 25.8 Å². The summed E-state index contributed by atoms with van der Waals surface area (Å²) in [7, 11) is 0.498. The average Bonchev–Trinajstić information content (AvgIpc) is 3.13. The second-order valence-electron chi connectivity index (χ2n) is 8.65. The second kappa shape index (κ2) is 7.47. The molecule has 2 bridgehead atoms. The van der Waals surface area contributed by atoms with Crippen LogP contribution in [0.25, 0.3) is 0 Å². The molecule has 0 aromatic carbocycles. The van der Waals surface area contributed by atoms with Crippen LogP contribution in [0, 0.1) is 17.8 Å². The number of carbonyl (C=O) groups is 2. The molecular formula is C20H34O5Si. The highest BCUT2D eigenvalue weighted by molar-refractivity contribution is 6.77. The molecular weight excluding hydrogens is 348 g/mol. The third-order valence-corrected chi connectivity index (χ3v) is 12.7. The Kier molecular flexibility index (Phi) is 6.08. The minimum atomic E-state index is -2.25. The lowest BCUT2D eigenvalue weighted by Gasteiger charge is -2.49. The zero-order valence-electron chi connectivity index (χ0n) is 17.4. The molecule has 1 saturated carbocycles. The van der Waals surface area contributed by atoms with Crippen molar-refractivity contribution >= 4 is 20.3 Å². The quantitative estimate of drug-likeness (QED) is 0.377. The summed E-state index contributed by atoms with van der Waals surface area (Å²) in [6, 6.07) is 0. The molecule has 26 heavy (non-hydrogen) atoms. The first kappa shape index (κ1) is 21.2. The molecule has 0 N–H and O–H groups in total. The minimum absolute atomic E-state index is 0.0373. The topological polar surface area (TPSA) is 61.8 Å². The summed E-state index contributed by atoms with van der Waals surface area (Å²) in [5.41, 5.74) is 0.404. The first-order valence-electron chi connectivity index (χ1n) is 9.62. The Hall–Kier alpha value is -1.14. The van der Waals surface area contributed by atoms with Gasteiger partial charge in [0.2, 0.25) is 8.32 Å². The Morgan fingerprint density at radius 3 is 1.88 bits per heavy atom. The third-order valence-electron chi connectivity index (χ3n) is 6.53. The van der Waals surface area contributed by atoms with Crippen molar-refractivity contribution in [3.63, 3.8) is 0 Å². The second-order valence-corrected chi connectivity index (χ2v) is 14.0. The number of carbonyl (C=O) groups excluding carboxylic acids is 2. The molecule has 0 spiro atoms. The molecule has 0 amide bonds. The van der Waals surface area contributed by atoms with Crippen LogP contribution in [-0.2, 0) is 23.5 Å². The highest BCUT2D eigenvalue weighted by Crippen LogP contribution is 2.57. The molecule has 2 rings (SSSR count). The SMILES string of the molecule is COC(=O)[C@H]1[C@H]2C=C[C@](O[Si](C(C)C)(C(C)C)C(C)C)(C2)[C@H]1C(=O)OC. The van der Waals surface area contributed by atoms with Crippen LogP contribution in [-0.4, -0.2) is 40.1 Å². The Balaban J connectivity index is 2.53. The molecule has 1 fully saturated rings. The summed E-state index contributed by atoms with van der Waals surface area (Å²) in [6.07, 6.45) is 4.70. The molecule has 148 valence electrons. The maximum Gasteiger partial charge on any atom is 0.312 e. The molecule has 2 aliphatic rings. The fraction of sp³-hybridized carbons (Fsp3) is 0.800. The monoisotopic (exact) mass is 382 g/mol. The van der Waals surface area contributed by atoms with Crippen LogP contribution in [0.3, 0.4) is 0 Å². The predicted octanol–water partition coefficient (Wildman–Crippen LogP) is 4.09. The van der Waals surface area contributed by atoms with Gasteiger partial charge in [0.25, 0.3) is 0 Å². The molecule has 0 heterocycles. The van der Waals surface area contributed by atoms with E-state index in [0.29, 0.717) is 23.0 Å². The van der Waals surface area contributed by atoms with Gasteiger partial charge in [0, 0.05) is 0 Å². The van der Waals surface area contributed by atoms with Crippen LogP contribution in [0.15, 0.2) is 12.2 Å². The maximum atomic E-state index is 12.7. The van der Waals surface area contributed by atoms with Gasteiger partial charge in [-0.25, -0.2) is 0 Å².